The predicted octanol–water partition coefficient (Wildman–Crippen LogP) is 5.24. The van der Waals surface area contributed by atoms with Crippen LogP contribution < -0.4 is 9.64 Å². The van der Waals surface area contributed by atoms with Crippen LogP contribution in [-0.2, 0) is 6.54 Å². The second kappa shape index (κ2) is 10.3. The van der Waals surface area contributed by atoms with Crippen molar-refractivity contribution in [2.75, 3.05) is 18.0 Å². The zero-order chi connectivity index (χ0) is 27.8. The van der Waals surface area contributed by atoms with Crippen molar-refractivity contribution >= 4 is 5.82 Å². The van der Waals surface area contributed by atoms with Crippen molar-refractivity contribution in [1.82, 2.24) is 24.9 Å². The Bertz CT molecular complexity index is 1420. The molecule has 0 bridgehead atoms. The summed E-state index contributed by atoms with van der Waals surface area (Å²) in [5.41, 5.74) is 2.22. The van der Waals surface area contributed by atoms with Crippen LogP contribution in [0.4, 0.5) is 19.0 Å². The van der Waals surface area contributed by atoms with Crippen LogP contribution in [0, 0.1) is 12.8 Å². The maximum absolute atomic E-state index is 12.4. The second-order valence-electron chi connectivity index (χ2n) is 10.3. The molecule has 0 radical (unpaired) electrons. The summed E-state index contributed by atoms with van der Waals surface area (Å²) in [4.78, 5) is 11.2. The first kappa shape index (κ1) is 26.7. The van der Waals surface area contributed by atoms with Crippen molar-refractivity contribution in [3.63, 3.8) is 0 Å². The van der Waals surface area contributed by atoms with Crippen molar-refractivity contribution in [2.24, 2.45) is 5.92 Å². The number of piperidine rings is 1. The minimum atomic E-state index is -4.76. The normalized spacial score (nSPS) is 15.1. The lowest BCUT2D eigenvalue weighted by atomic mass is 9.83. The van der Waals surface area contributed by atoms with Crippen LogP contribution in [0.1, 0.15) is 37.9 Å². The Labute approximate surface area is 223 Å². The summed E-state index contributed by atoms with van der Waals surface area (Å²) in [6.45, 7) is 7.87. The topological polar surface area (TPSA) is 102 Å². The monoisotopic (exact) mass is 542 g/mol. The maximum atomic E-state index is 12.4. The van der Waals surface area contributed by atoms with Gasteiger partial charge in [-0.2, -0.15) is 10.1 Å². The number of nitrogens with zero attached hydrogens (tertiary/aromatic N) is 6. The van der Waals surface area contributed by atoms with Crippen molar-refractivity contribution in [3.8, 4) is 28.7 Å². The fourth-order valence-electron chi connectivity index (χ4n) is 4.75. The van der Waals surface area contributed by atoms with Gasteiger partial charge in [-0.25, -0.2) is 4.98 Å². The zero-order valence-corrected chi connectivity index (χ0v) is 21.8. The zero-order valence-electron chi connectivity index (χ0n) is 21.8. The van der Waals surface area contributed by atoms with Crippen LogP contribution in [0.5, 0.6) is 5.75 Å². The summed E-state index contributed by atoms with van der Waals surface area (Å²) in [6.07, 6.45) is -1.14. The molecule has 4 heterocycles. The average molecular weight is 543 g/mol. The summed E-state index contributed by atoms with van der Waals surface area (Å²) in [5.74, 6) is 1.27. The summed E-state index contributed by atoms with van der Waals surface area (Å²) in [6, 6.07) is 11.1. The molecule has 3 aromatic heterocycles. The van der Waals surface area contributed by atoms with E-state index in [0.717, 1.165) is 43.0 Å². The number of ether oxygens (including phenoxy) is 1. The first-order chi connectivity index (χ1) is 18.4. The van der Waals surface area contributed by atoms with Gasteiger partial charge in [0.1, 0.15) is 11.6 Å². The Morgan fingerprint density at radius 2 is 1.79 bits per heavy atom. The summed E-state index contributed by atoms with van der Waals surface area (Å²) >= 11 is 0. The average Bonchev–Trinajstić information content (AvgIpc) is 3.51. The fourth-order valence-corrected chi connectivity index (χ4v) is 4.75. The summed E-state index contributed by atoms with van der Waals surface area (Å²) in [7, 11) is 0. The van der Waals surface area contributed by atoms with E-state index in [4.69, 9.17) is 4.52 Å². The number of pyridine rings is 1. The second-order valence-corrected chi connectivity index (χ2v) is 10.3. The minimum Gasteiger partial charge on any atom is -0.406 e. The van der Waals surface area contributed by atoms with Gasteiger partial charge in [0.2, 0.25) is 5.82 Å². The highest BCUT2D eigenvalue weighted by atomic mass is 19.4. The molecule has 12 heteroatoms. The van der Waals surface area contributed by atoms with Gasteiger partial charge in [-0.1, -0.05) is 5.16 Å². The molecule has 0 atom stereocenters. The van der Waals surface area contributed by atoms with Crippen LogP contribution >= 0.6 is 0 Å². The Morgan fingerprint density at radius 1 is 1.08 bits per heavy atom. The van der Waals surface area contributed by atoms with Gasteiger partial charge in [0.15, 0.2) is 5.69 Å². The molecule has 0 amide bonds. The van der Waals surface area contributed by atoms with Gasteiger partial charge in [0.25, 0.3) is 5.89 Å². The first-order valence-electron chi connectivity index (χ1n) is 12.6. The molecule has 5 rings (SSSR count). The Hall–Kier alpha value is -3.93. The number of hydrogen-bond acceptors (Lipinski definition) is 8. The van der Waals surface area contributed by atoms with Crippen LogP contribution in [-0.4, -0.2) is 55.1 Å². The van der Waals surface area contributed by atoms with Crippen LogP contribution in [0.25, 0.3) is 23.0 Å². The van der Waals surface area contributed by atoms with Crippen LogP contribution in [0.3, 0.4) is 0 Å². The smallest absolute Gasteiger partial charge is 0.406 e. The standard InChI is InChI=1S/C27H29F3N6O3/c1-17-14-22(25-32-24(34-39-25)19-4-6-21(7-5-19)38-27(28,29)30)33-36(17)16-18-8-11-31-23(15-18)35-12-9-20(10-13-35)26(2,3)37/h4-8,11,14-15,20,37H,9-10,12-13,16H2,1-3H3. The quantitative estimate of drug-likeness (QED) is 0.338. The number of rotatable bonds is 7. The highest BCUT2D eigenvalue weighted by Gasteiger charge is 2.32. The number of halogens is 3. The fraction of sp³-hybridized carbons (Fsp3) is 0.407. The van der Waals surface area contributed by atoms with Gasteiger partial charge < -0.3 is 19.3 Å². The maximum Gasteiger partial charge on any atom is 0.573 e. The Balaban J connectivity index is 1.26. The number of aliphatic hydroxyl groups is 1. The van der Waals surface area contributed by atoms with E-state index in [1.165, 1.54) is 24.3 Å². The molecule has 39 heavy (non-hydrogen) atoms. The van der Waals surface area contributed by atoms with E-state index in [1.54, 1.807) is 6.20 Å². The van der Waals surface area contributed by atoms with E-state index in [9.17, 15) is 18.3 Å². The molecule has 1 aliphatic heterocycles. The van der Waals surface area contributed by atoms with Gasteiger partial charge in [0, 0.05) is 30.5 Å². The van der Waals surface area contributed by atoms with Gasteiger partial charge in [0.05, 0.1) is 12.1 Å². The highest BCUT2D eigenvalue weighted by Crippen LogP contribution is 2.30. The summed E-state index contributed by atoms with van der Waals surface area (Å²) in [5, 5.41) is 18.9. The van der Waals surface area contributed by atoms with Gasteiger partial charge in [-0.05, 0) is 87.6 Å². The van der Waals surface area contributed by atoms with Crippen molar-refractivity contribution < 1.29 is 27.5 Å². The predicted molar refractivity (Wildman–Crippen MR) is 137 cm³/mol. The van der Waals surface area contributed by atoms with Crippen LogP contribution in [0.2, 0.25) is 0 Å². The molecular weight excluding hydrogens is 513 g/mol. The van der Waals surface area contributed by atoms with Crippen molar-refractivity contribution in [3.05, 3.63) is 59.9 Å². The van der Waals surface area contributed by atoms with E-state index in [0.29, 0.717) is 17.8 Å². The molecule has 0 spiro atoms. The molecular formula is C27H29F3N6O3. The molecule has 1 fully saturated rings. The summed E-state index contributed by atoms with van der Waals surface area (Å²) < 4.78 is 48.3. The number of aryl methyl sites for hydroxylation is 1. The third-order valence-electron chi connectivity index (χ3n) is 6.93. The van der Waals surface area contributed by atoms with E-state index in [2.05, 4.69) is 35.9 Å². The molecule has 0 unspecified atom stereocenters. The van der Waals surface area contributed by atoms with Gasteiger partial charge >= 0.3 is 6.36 Å². The lowest BCUT2D eigenvalue weighted by Gasteiger charge is -2.38. The van der Waals surface area contributed by atoms with E-state index in [-0.39, 0.29) is 23.4 Å². The molecule has 0 saturated carbocycles. The molecule has 1 aromatic carbocycles. The lowest BCUT2D eigenvalue weighted by Crippen LogP contribution is -2.42. The third-order valence-corrected chi connectivity index (χ3v) is 6.93. The lowest BCUT2D eigenvalue weighted by molar-refractivity contribution is -0.274. The number of alkyl halides is 3. The van der Waals surface area contributed by atoms with Crippen molar-refractivity contribution in [2.45, 2.75) is 52.1 Å². The number of hydrogen-bond donors (Lipinski definition) is 1. The van der Waals surface area contributed by atoms with E-state index < -0.39 is 12.0 Å². The molecule has 1 N–H and O–H groups in total. The number of aromatic nitrogens is 5. The van der Waals surface area contributed by atoms with Crippen molar-refractivity contribution in [1.29, 1.82) is 0 Å². The largest absolute Gasteiger partial charge is 0.573 e. The Kier molecular flexibility index (Phi) is 7.06. The molecule has 1 aliphatic rings. The minimum absolute atomic E-state index is 0.201. The van der Waals surface area contributed by atoms with E-state index >= 15 is 0 Å². The SMILES string of the molecule is Cc1cc(-c2nc(-c3ccc(OC(F)(F)F)cc3)no2)nn1Cc1ccnc(N2CCC(C(C)(C)O)CC2)c1. The molecule has 4 aromatic rings. The molecule has 9 nitrogen and oxygen atoms in total. The van der Waals surface area contributed by atoms with Gasteiger partial charge in [-0.3, -0.25) is 4.68 Å². The molecule has 0 aliphatic carbocycles. The third kappa shape index (κ3) is 6.39. The molecule has 206 valence electrons. The number of benzene rings is 1. The van der Waals surface area contributed by atoms with Crippen LogP contribution in [0.15, 0.2) is 53.2 Å². The first-order valence-corrected chi connectivity index (χ1v) is 12.6. The number of anilines is 1. The van der Waals surface area contributed by atoms with Gasteiger partial charge in [-0.15, -0.1) is 13.2 Å². The Morgan fingerprint density at radius 3 is 2.46 bits per heavy atom. The molecule has 1 saturated heterocycles. The highest BCUT2D eigenvalue weighted by molar-refractivity contribution is 5.59. The van der Waals surface area contributed by atoms with E-state index in [1.807, 2.05) is 37.6 Å².